The second kappa shape index (κ2) is 2.40. The highest BCUT2D eigenvalue weighted by molar-refractivity contribution is 8.14. The zero-order chi connectivity index (χ0) is 5.98. The van der Waals surface area contributed by atoms with Crippen molar-refractivity contribution in [2.24, 2.45) is 4.99 Å². The van der Waals surface area contributed by atoms with Gasteiger partial charge in [0.05, 0.1) is 13.7 Å². The molecular weight excluding hydrogens is 122 g/mol. The Morgan fingerprint density at radius 1 is 1.88 bits per heavy atom. The quantitative estimate of drug-likeness (QED) is 0.491. The lowest BCUT2D eigenvalue weighted by Crippen LogP contribution is -1.94. The van der Waals surface area contributed by atoms with Crippen LogP contribution in [0, 0.1) is 0 Å². The molecule has 1 aliphatic heterocycles. The highest BCUT2D eigenvalue weighted by Gasteiger charge is 2.13. The minimum atomic E-state index is 0.616. The molecule has 0 fully saturated rings. The van der Waals surface area contributed by atoms with Gasteiger partial charge in [0.15, 0.2) is 0 Å². The first-order chi connectivity index (χ1) is 3.83. The number of hydrogen-bond donors (Lipinski definition) is 0. The van der Waals surface area contributed by atoms with Gasteiger partial charge in [-0.15, -0.1) is 0 Å². The van der Waals surface area contributed by atoms with Gasteiger partial charge < -0.3 is 4.74 Å². The Hall–Kier alpha value is -0.180. The number of thioether (sulfide) groups is 1. The van der Waals surface area contributed by atoms with Crippen LogP contribution in [-0.4, -0.2) is 24.1 Å². The van der Waals surface area contributed by atoms with E-state index in [0.717, 1.165) is 11.8 Å². The summed E-state index contributed by atoms with van der Waals surface area (Å²) in [6.07, 6.45) is 0. The molecule has 0 radical (unpaired) electrons. The van der Waals surface area contributed by atoms with Crippen LogP contribution in [0.2, 0.25) is 0 Å². The average Bonchev–Trinajstić information content (AvgIpc) is 2.14. The van der Waals surface area contributed by atoms with E-state index in [1.54, 1.807) is 18.9 Å². The van der Waals surface area contributed by atoms with E-state index in [2.05, 4.69) is 11.9 Å². The fourth-order valence-electron chi connectivity index (χ4n) is 0.562. The number of nitrogens with zero attached hydrogens (tertiary/aromatic N) is 1. The van der Waals surface area contributed by atoms with Gasteiger partial charge >= 0.3 is 0 Å². The van der Waals surface area contributed by atoms with E-state index >= 15 is 0 Å². The zero-order valence-electron chi connectivity index (χ0n) is 5.05. The van der Waals surface area contributed by atoms with Gasteiger partial charge in [-0.3, -0.25) is 0 Å². The number of aliphatic imine (C=N–C) groups is 1. The highest BCUT2D eigenvalue weighted by Crippen LogP contribution is 2.19. The van der Waals surface area contributed by atoms with E-state index < -0.39 is 0 Å². The fraction of sp³-hybridized carbons (Fsp3) is 0.800. The van der Waals surface area contributed by atoms with Crippen LogP contribution in [0.25, 0.3) is 0 Å². The molecule has 0 aromatic heterocycles. The Labute approximate surface area is 53.3 Å². The SMILES string of the molecule is COC1=NCC(C)S1. The topological polar surface area (TPSA) is 21.6 Å². The van der Waals surface area contributed by atoms with E-state index in [1.165, 1.54) is 0 Å². The minimum Gasteiger partial charge on any atom is -0.476 e. The van der Waals surface area contributed by atoms with Crippen LogP contribution < -0.4 is 0 Å². The standard InChI is InChI=1S/C5H9NOS/c1-4-3-6-5(7-2)8-4/h4H,3H2,1-2H3. The first-order valence-corrected chi connectivity index (χ1v) is 3.46. The van der Waals surface area contributed by atoms with Gasteiger partial charge in [-0.25, -0.2) is 4.99 Å². The summed E-state index contributed by atoms with van der Waals surface area (Å²) in [5.74, 6) is 0. The molecule has 0 aliphatic carbocycles. The van der Waals surface area contributed by atoms with Crippen molar-refractivity contribution in [1.29, 1.82) is 0 Å². The molecule has 0 aromatic carbocycles. The van der Waals surface area contributed by atoms with Crippen LogP contribution in [0.5, 0.6) is 0 Å². The van der Waals surface area contributed by atoms with Crippen molar-refractivity contribution in [2.75, 3.05) is 13.7 Å². The van der Waals surface area contributed by atoms with Crippen LogP contribution in [0.3, 0.4) is 0 Å². The van der Waals surface area contributed by atoms with Crippen molar-refractivity contribution in [3.63, 3.8) is 0 Å². The zero-order valence-corrected chi connectivity index (χ0v) is 5.86. The first kappa shape index (κ1) is 5.95. The summed E-state index contributed by atoms with van der Waals surface area (Å²) in [5, 5.41) is 1.45. The predicted molar refractivity (Wildman–Crippen MR) is 36.4 cm³/mol. The summed E-state index contributed by atoms with van der Waals surface area (Å²) in [7, 11) is 1.66. The van der Waals surface area contributed by atoms with Crippen molar-refractivity contribution < 1.29 is 4.74 Å². The summed E-state index contributed by atoms with van der Waals surface area (Å²) in [6.45, 7) is 3.05. The molecule has 1 unspecified atom stereocenters. The van der Waals surface area contributed by atoms with Crippen molar-refractivity contribution in [3.05, 3.63) is 0 Å². The highest BCUT2D eigenvalue weighted by atomic mass is 32.2. The van der Waals surface area contributed by atoms with E-state index in [9.17, 15) is 0 Å². The van der Waals surface area contributed by atoms with E-state index in [-0.39, 0.29) is 0 Å². The predicted octanol–water partition coefficient (Wildman–Crippen LogP) is 1.12. The molecule has 8 heavy (non-hydrogen) atoms. The molecule has 1 heterocycles. The van der Waals surface area contributed by atoms with Gasteiger partial charge in [-0.1, -0.05) is 18.7 Å². The van der Waals surface area contributed by atoms with Gasteiger partial charge in [0, 0.05) is 5.25 Å². The van der Waals surface area contributed by atoms with Crippen molar-refractivity contribution in [1.82, 2.24) is 0 Å². The number of ether oxygens (including phenoxy) is 1. The Morgan fingerprint density at radius 2 is 2.62 bits per heavy atom. The van der Waals surface area contributed by atoms with Crippen LogP contribution >= 0.6 is 11.8 Å². The van der Waals surface area contributed by atoms with Gasteiger partial charge in [0.25, 0.3) is 0 Å². The average molecular weight is 131 g/mol. The lowest BCUT2D eigenvalue weighted by atomic mass is 10.5. The summed E-state index contributed by atoms with van der Waals surface area (Å²) >= 11 is 1.69. The van der Waals surface area contributed by atoms with E-state index in [0.29, 0.717) is 5.25 Å². The van der Waals surface area contributed by atoms with Gasteiger partial charge in [-0.05, 0) is 0 Å². The second-order valence-corrected chi connectivity index (χ2v) is 3.13. The molecule has 1 atom stereocenters. The Balaban J connectivity index is 2.37. The lowest BCUT2D eigenvalue weighted by molar-refractivity contribution is 0.416. The van der Waals surface area contributed by atoms with Gasteiger partial charge in [0.2, 0.25) is 5.23 Å². The van der Waals surface area contributed by atoms with Gasteiger partial charge in [-0.2, -0.15) is 0 Å². The third kappa shape index (κ3) is 1.15. The van der Waals surface area contributed by atoms with Crippen LogP contribution in [-0.2, 0) is 4.74 Å². The van der Waals surface area contributed by atoms with E-state index in [1.807, 2.05) is 0 Å². The maximum atomic E-state index is 4.89. The van der Waals surface area contributed by atoms with Crippen molar-refractivity contribution >= 4 is 17.0 Å². The molecule has 0 saturated carbocycles. The monoisotopic (exact) mass is 131 g/mol. The molecule has 46 valence electrons. The fourth-order valence-corrected chi connectivity index (χ4v) is 1.30. The molecule has 3 heteroatoms. The van der Waals surface area contributed by atoms with Crippen molar-refractivity contribution in [3.8, 4) is 0 Å². The van der Waals surface area contributed by atoms with Crippen molar-refractivity contribution in [2.45, 2.75) is 12.2 Å². The Kier molecular flexibility index (Phi) is 1.78. The number of rotatable bonds is 0. The molecule has 0 N–H and O–H groups in total. The second-order valence-electron chi connectivity index (χ2n) is 1.74. The smallest absolute Gasteiger partial charge is 0.245 e. The minimum absolute atomic E-state index is 0.616. The van der Waals surface area contributed by atoms with E-state index in [4.69, 9.17) is 4.74 Å². The summed E-state index contributed by atoms with van der Waals surface area (Å²) < 4.78 is 4.89. The molecule has 0 bridgehead atoms. The molecule has 0 amide bonds. The molecule has 1 aliphatic rings. The normalized spacial score (nSPS) is 27.8. The molecule has 0 spiro atoms. The summed E-state index contributed by atoms with van der Waals surface area (Å²) in [4.78, 5) is 4.09. The maximum Gasteiger partial charge on any atom is 0.245 e. The summed E-state index contributed by atoms with van der Waals surface area (Å²) in [6, 6.07) is 0. The number of methoxy groups -OCH3 is 1. The van der Waals surface area contributed by atoms with Crippen LogP contribution in [0.1, 0.15) is 6.92 Å². The number of hydrogen-bond acceptors (Lipinski definition) is 3. The summed E-state index contributed by atoms with van der Waals surface area (Å²) in [5.41, 5.74) is 0. The molecule has 0 saturated heterocycles. The first-order valence-electron chi connectivity index (χ1n) is 2.58. The van der Waals surface area contributed by atoms with Crippen LogP contribution in [0.15, 0.2) is 4.99 Å². The molecule has 2 nitrogen and oxygen atoms in total. The Bertz CT molecular complexity index is 113. The molecule has 0 aromatic rings. The third-order valence-electron chi connectivity index (χ3n) is 0.954. The lowest BCUT2D eigenvalue weighted by Gasteiger charge is -1.95. The maximum absolute atomic E-state index is 4.89. The largest absolute Gasteiger partial charge is 0.476 e. The van der Waals surface area contributed by atoms with Gasteiger partial charge in [0.1, 0.15) is 0 Å². The molecular formula is C5H9NOS. The molecule has 1 rings (SSSR count). The Morgan fingerprint density at radius 3 is 2.88 bits per heavy atom. The third-order valence-corrected chi connectivity index (χ3v) is 2.00. The van der Waals surface area contributed by atoms with Crippen LogP contribution in [0.4, 0.5) is 0 Å².